The third-order valence-electron chi connectivity index (χ3n) is 5.84. The molecular weight excluding hydrogens is 1140 g/mol. The molecule has 0 aliphatic carbocycles. The van der Waals surface area contributed by atoms with E-state index in [2.05, 4.69) is 82.7 Å². The van der Waals surface area contributed by atoms with Crippen molar-refractivity contribution in [1.29, 1.82) is 0 Å². The molecule has 0 atom stereocenters. The van der Waals surface area contributed by atoms with E-state index in [1.165, 1.54) is 36.4 Å². The Balaban J connectivity index is 0.000000344. The van der Waals surface area contributed by atoms with E-state index in [1.54, 1.807) is 48.8 Å². The number of carboxylic acid groups (broad SMARTS) is 3. The molecule has 0 fully saturated rings. The minimum Gasteiger partial charge on any atom is -0.545 e. The molecule has 3 N–H and O–H groups in total. The fraction of sp³-hybridized carbons (Fsp3) is 0. The van der Waals surface area contributed by atoms with Crippen LogP contribution in [-0.4, -0.2) is 32.9 Å². The van der Waals surface area contributed by atoms with Crippen molar-refractivity contribution in [1.82, 2.24) is 15.0 Å². The molecule has 0 aliphatic heterocycles. The number of carboxylic acids is 3. The summed E-state index contributed by atoms with van der Waals surface area (Å²) < 4.78 is 3.05. The Morgan fingerprint density at radius 2 is 0.700 bits per heavy atom. The second-order valence-electron chi connectivity index (χ2n) is 9.22. The van der Waals surface area contributed by atoms with Crippen LogP contribution in [0.4, 0.5) is 0 Å². The SMILES string of the molecule is O=C([O-])c1ccc(I)cc1.O=C([O-])c1ccc(I)cc1.O=C([O-])c1ccc(I)cc1.[OH3+].[Yb+3].c1ccc(-c2cccc(-c3ccccn3)n2)nc1. The van der Waals surface area contributed by atoms with Gasteiger partial charge >= 0.3 is 46.9 Å². The molecule has 0 saturated carbocycles. The minimum atomic E-state index is -1.13. The zero-order chi connectivity index (χ0) is 34.9. The van der Waals surface area contributed by atoms with E-state index in [-0.39, 0.29) is 69.1 Å². The third-order valence-corrected chi connectivity index (χ3v) is 8.00. The van der Waals surface area contributed by atoms with Crippen molar-refractivity contribution >= 4 is 85.7 Å². The molecule has 0 spiro atoms. The molecule has 6 aromatic rings. The molecule has 0 amide bonds. The van der Waals surface area contributed by atoms with Gasteiger partial charge in [0.25, 0.3) is 0 Å². The summed E-state index contributed by atoms with van der Waals surface area (Å²) in [5.74, 6) is -3.39. The van der Waals surface area contributed by atoms with Gasteiger partial charge in [-0.25, -0.2) is 4.98 Å². The van der Waals surface area contributed by atoms with Gasteiger partial charge in [0, 0.05) is 23.1 Å². The van der Waals surface area contributed by atoms with Crippen LogP contribution in [0.5, 0.6) is 0 Å². The average molecular weight is 1170 g/mol. The Kier molecular flexibility index (Phi) is 22.1. The molecule has 3 aromatic heterocycles. The molecule has 0 unspecified atom stereocenters. The molecule has 14 heteroatoms. The van der Waals surface area contributed by atoms with Crippen molar-refractivity contribution in [2.24, 2.45) is 0 Å². The van der Waals surface area contributed by atoms with Gasteiger partial charge in [0.2, 0.25) is 0 Å². The fourth-order valence-electron chi connectivity index (χ4n) is 3.51. The summed E-state index contributed by atoms with van der Waals surface area (Å²) >= 11 is 6.32. The fourth-order valence-corrected chi connectivity index (χ4v) is 4.59. The van der Waals surface area contributed by atoms with E-state index in [4.69, 9.17) is 0 Å². The molecular formula is C36H26I3N3O7Yb+. The average Bonchev–Trinajstić information content (AvgIpc) is 3.10. The van der Waals surface area contributed by atoms with Crippen LogP contribution >= 0.6 is 67.8 Å². The van der Waals surface area contributed by atoms with Gasteiger partial charge in [-0.3, -0.25) is 9.97 Å². The van der Waals surface area contributed by atoms with Crippen molar-refractivity contribution in [2.75, 3.05) is 0 Å². The van der Waals surface area contributed by atoms with Crippen LogP contribution in [-0.2, 0) is 5.48 Å². The van der Waals surface area contributed by atoms with Gasteiger partial charge in [0.1, 0.15) is 0 Å². The summed E-state index contributed by atoms with van der Waals surface area (Å²) in [7, 11) is 0. The molecule has 0 bridgehead atoms. The van der Waals surface area contributed by atoms with E-state index >= 15 is 0 Å². The summed E-state index contributed by atoms with van der Waals surface area (Å²) in [5.41, 5.74) is 4.13. The van der Waals surface area contributed by atoms with Crippen LogP contribution in [0.2, 0.25) is 0 Å². The van der Waals surface area contributed by atoms with Gasteiger partial charge in [-0.2, -0.15) is 0 Å². The zero-order valence-electron chi connectivity index (χ0n) is 25.5. The first-order valence-corrected chi connectivity index (χ1v) is 17.0. The largest absolute Gasteiger partial charge is 3.00 e. The maximum Gasteiger partial charge on any atom is 3.00 e. The Hall–Kier alpha value is -2.81. The number of aromatic carboxylic acids is 3. The number of aromatic nitrogens is 3. The van der Waals surface area contributed by atoms with E-state index in [0.717, 1.165) is 33.5 Å². The van der Waals surface area contributed by atoms with E-state index < -0.39 is 17.9 Å². The third kappa shape index (κ3) is 16.5. The molecule has 50 heavy (non-hydrogen) atoms. The summed E-state index contributed by atoms with van der Waals surface area (Å²) in [4.78, 5) is 43.8. The predicted molar refractivity (Wildman–Crippen MR) is 206 cm³/mol. The standard InChI is InChI=1S/C15H11N3.3C7H5IO2.H2O.Yb/c1-3-10-16-12(6-1)14-8-5-9-15(18-14)13-7-2-4-11-17-13;3*8-6-3-1-5(2-4-6)7(9)10;;/h1-11H;3*1-4H,(H,9,10);1H2;/q;;;;;+3/p-2. The van der Waals surface area contributed by atoms with Gasteiger partial charge in [-0.1, -0.05) is 54.6 Å². The summed E-state index contributed by atoms with van der Waals surface area (Å²) in [6, 6.07) is 37.0. The van der Waals surface area contributed by atoms with Crippen LogP contribution in [0.3, 0.4) is 0 Å². The maximum atomic E-state index is 10.2. The first-order valence-electron chi connectivity index (χ1n) is 13.7. The molecule has 3 aromatic carbocycles. The van der Waals surface area contributed by atoms with Crippen molar-refractivity contribution in [3.05, 3.63) is 167 Å². The van der Waals surface area contributed by atoms with E-state index in [1.807, 2.05) is 54.6 Å². The Morgan fingerprint density at radius 1 is 0.420 bits per heavy atom. The zero-order valence-corrected chi connectivity index (χ0v) is 33.7. The monoisotopic (exact) mass is 1170 g/mol. The Labute approximate surface area is 367 Å². The van der Waals surface area contributed by atoms with Gasteiger partial charge in [-0.05, 0) is 157 Å². The number of halogens is 3. The maximum absolute atomic E-state index is 10.2. The minimum absolute atomic E-state index is 0. The molecule has 0 aliphatic rings. The number of nitrogens with zero attached hydrogens (tertiary/aromatic N) is 3. The van der Waals surface area contributed by atoms with Gasteiger partial charge in [-0.15, -0.1) is 0 Å². The predicted octanol–water partition coefficient (Wildman–Crippen LogP) is 4.25. The molecule has 3 heterocycles. The number of pyridine rings is 3. The van der Waals surface area contributed by atoms with Gasteiger partial charge in [0.05, 0.1) is 40.7 Å². The molecule has 10 nitrogen and oxygen atoms in total. The number of hydrogen-bond acceptors (Lipinski definition) is 9. The number of carbonyl (C=O) groups is 3. The van der Waals surface area contributed by atoms with Crippen LogP contribution in [0, 0.1) is 57.6 Å². The second kappa shape index (κ2) is 24.4. The molecule has 6 rings (SSSR count). The summed E-state index contributed by atoms with van der Waals surface area (Å²) in [5, 5.41) is 30.6. The van der Waals surface area contributed by atoms with E-state index in [0.29, 0.717) is 0 Å². The summed E-state index contributed by atoms with van der Waals surface area (Å²) in [6.45, 7) is 0. The van der Waals surface area contributed by atoms with Crippen LogP contribution in [0.1, 0.15) is 31.1 Å². The normalized spacial score (nSPS) is 9.26. The van der Waals surface area contributed by atoms with Crippen LogP contribution in [0.25, 0.3) is 22.8 Å². The Bertz CT molecular complexity index is 1730. The summed E-state index contributed by atoms with van der Waals surface area (Å²) in [6.07, 6.45) is 3.54. The quantitative estimate of drug-likeness (QED) is 0.180. The number of benzene rings is 3. The van der Waals surface area contributed by atoms with Crippen molar-refractivity contribution in [3.63, 3.8) is 0 Å². The van der Waals surface area contributed by atoms with Crippen molar-refractivity contribution in [2.45, 2.75) is 0 Å². The van der Waals surface area contributed by atoms with Gasteiger partial charge < -0.3 is 35.2 Å². The first kappa shape index (κ1) is 45.2. The molecule has 0 saturated heterocycles. The topological polar surface area (TPSA) is 192 Å². The Morgan fingerprint density at radius 3 is 0.940 bits per heavy atom. The molecule has 261 valence electrons. The molecule has 1 radical (unpaired) electrons. The first-order chi connectivity index (χ1) is 23.0. The number of rotatable bonds is 5. The number of hydrogen-bond donors (Lipinski definition) is 0. The smallest absolute Gasteiger partial charge is 0.545 e. The number of carbonyl (C=O) groups excluding carboxylic acids is 3. The van der Waals surface area contributed by atoms with Crippen LogP contribution in [0.15, 0.2) is 140 Å². The van der Waals surface area contributed by atoms with E-state index in [9.17, 15) is 29.7 Å². The van der Waals surface area contributed by atoms with Crippen molar-refractivity contribution in [3.8, 4) is 22.8 Å². The van der Waals surface area contributed by atoms with Crippen LogP contribution < -0.4 is 15.3 Å². The van der Waals surface area contributed by atoms with Gasteiger partial charge in [0.15, 0.2) is 0 Å². The van der Waals surface area contributed by atoms with Crippen molar-refractivity contribution < 1.29 is 82.1 Å². The second-order valence-corrected chi connectivity index (χ2v) is 13.0.